The van der Waals surface area contributed by atoms with Crippen LogP contribution in [0.4, 0.5) is 0 Å². The third-order valence-corrected chi connectivity index (χ3v) is 3.68. The Balaban J connectivity index is 2.60. The summed E-state index contributed by atoms with van der Waals surface area (Å²) in [5.74, 6) is 0.884. The Morgan fingerprint density at radius 2 is 2.00 bits per heavy atom. The number of carbonyl (C=O) groups excluding carboxylic acids is 1. The zero-order valence-electron chi connectivity index (χ0n) is 10.1. The van der Waals surface area contributed by atoms with E-state index in [1.165, 1.54) is 16.9 Å². The molecule has 0 amide bonds. The lowest BCUT2D eigenvalue weighted by atomic mass is 10.0. The summed E-state index contributed by atoms with van der Waals surface area (Å²) >= 11 is 1.48. The van der Waals surface area contributed by atoms with Crippen molar-refractivity contribution in [3.05, 3.63) is 40.3 Å². The standard InChI is InChI=1S/C14H14O2S/c1-9-6-10(2)14(16-3)12(7-9)13-5-4-11(8-15)17-13/h4-8H,1-3H3. The summed E-state index contributed by atoms with van der Waals surface area (Å²) in [6.07, 6.45) is 0.878. The molecule has 1 aromatic carbocycles. The van der Waals surface area contributed by atoms with Crippen LogP contribution in [0, 0.1) is 13.8 Å². The molecule has 0 saturated carbocycles. The first-order chi connectivity index (χ1) is 8.15. The molecule has 0 fully saturated rings. The Morgan fingerprint density at radius 1 is 1.24 bits per heavy atom. The average Bonchev–Trinajstić information content (AvgIpc) is 2.76. The largest absolute Gasteiger partial charge is 0.496 e. The molecule has 2 nitrogen and oxygen atoms in total. The maximum Gasteiger partial charge on any atom is 0.160 e. The number of hydrogen-bond donors (Lipinski definition) is 0. The normalized spacial score (nSPS) is 10.3. The van der Waals surface area contributed by atoms with Gasteiger partial charge in [-0.25, -0.2) is 0 Å². The fraction of sp³-hybridized carbons (Fsp3) is 0.214. The van der Waals surface area contributed by atoms with Crippen LogP contribution in [0.1, 0.15) is 20.8 Å². The van der Waals surface area contributed by atoms with Crippen molar-refractivity contribution in [2.24, 2.45) is 0 Å². The smallest absolute Gasteiger partial charge is 0.160 e. The molecule has 0 unspecified atom stereocenters. The van der Waals surface area contributed by atoms with Gasteiger partial charge < -0.3 is 4.74 Å². The van der Waals surface area contributed by atoms with E-state index in [0.29, 0.717) is 0 Å². The molecular weight excluding hydrogens is 232 g/mol. The lowest BCUT2D eigenvalue weighted by Gasteiger charge is -2.11. The summed E-state index contributed by atoms with van der Waals surface area (Å²) in [6.45, 7) is 4.09. The third kappa shape index (κ3) is 2.24. The Labute approximate surface area is 105 Å². The molecule has 0 aliphatic carbocycles. The number of thiophene rings is 1. The van der Waals surface area contributed by atoms with Gasteiger partial charge in [0, 0.05) is 10.4 Å². The number of rotatable bonds is 3. The summed E-state index contributed by atoms with van der Waals surface area (Å²) in [5.41, 5.74) is 3.37. The summed E-state index contributed by atoms with van der Waals surface area (Å²) in [6, 6.07) is 7.98. The molecule has 2 rings (SSSR count). The van der Waals surface area contributed by atoms with E-state index >= 15 is 0 Å². The van der Waals surface area contributed by atoms with Crippen LogP contribution >= 0.6 is 11.3 Å². The first kappa shape index (κ1) is 11.9. The van der Waals surface area contributed by atoms with Gasteiger partial charge in [-0.05, 0) is 43.2 Å². The van der Waals surface area contributed by atoms with Crippen molar-refractivity contribution in [2.45, 2.75) is 13.8 Å². The molecule has 1 aromatic heterocycles. The number of aldehydes is 1. The van der Waals surface area contributed by atoms with Gasteiger partial charge in [0.25, 0.3) is 0 Å². The van der Waals surface area contributed by atoms with Crippen molar-refractivity contribution in [1.82, 2.24) is 0 Å². The summed E-state index contributed by atoms with van der Waals surface area (Å²) in [7, 11) is 1.68. The number of benzene rings is 1. The van der Waals surface area contributed by atoms with Crippen LogP contribution in [0.3, 0.4) is 0 Å². The van der Waals surface area contributed by atoms with Crippen LogP contribution in [0.2, 0.25) is 0 Å². The predicted molar refractivity (Wildman–Crippen MR) is 71.2 cm³/mol. The van der Waals surface area contributed by atoms with Crippen LogP contribution in [0.25, 0.3) is 10.4 Å². The zero-order valence-corrected chi connectivity index (χ0v) is 10.9. The Morgan fingerprint density at radius 3 is 2.59 bits per heavy atom. The molecule has 1 heterocycles. The fourth-order valence-electron chi connectivity index (χ4n) is 1.97. The molecule has 0 atom stereocenters. The number of carbonyl (C=O) groups is 1. The highest BCUT2D eigenvalue weighted by atomic mass is 32.1. The van der Waals surface area contributed by atoms with E-state index in [-0.39, 0.29) is 0 Å². The molecule has 0 spiro atoms. The number of hydrogen-bond acceptors (Lipinski definition) is 3. The quantitative estimate of drug-likeness (QED) is 0.769. The molecule has 0 N–H and O–H groups in total. The van der Waals surface area contributed by atoms with Crippen LogP contribution in [-0.4, -0.2) is 13.4 Å². The number of ether oxygens (including phenoxy) is 1. The van der Waals surface area contributed by atoms with E-state index in [2.05, 4.69) is 19.1 Å². The van der Waals surface area contributed by atoms with E-state index in [1.54, 1.807) is 7.11 Å². The minimum atomic E-state index is 0.737. The zero-order chi connectivity index (χ0) is 12.4. The molecule has 3 heteroatoms. The molecule has 0 radical (unpaired) electrons. The highest BCUT2D eigenvalue weighted by Crippen LogP contribution is 2.37. The van der Waals surface area contributed by atoms with Crippen LogP contribution in [0.15, 0.2) is 24.3 Å². The van der Waals surface area contributed by atoms with E-state index < -0.39 is 0 Å². The lowest BCUT2D eigenvalue weighted by Crippen LogP contribution is -1.91. The molecule has 88 valence electrons. The molecular formula is C14H14O2S. The minimum absolute atomic E-state index is 0.737. The van der Waals surface area contributed by atoms with Crippen LogP contribution < -0.4 is 4.74 Å². The summed E-state index contributed by atoms with van der Waals surface area (Å²) in [4.78, 5) is 12.5. The Kier molecular flexibility index (Phi) is 3.29. The molecule has 0 aliphatic rings. The molecule has 0 aliphatic heterocycles. The summed E-state index contributed by atoms with van der Waals surface area (Å²) in [5, 5.41) is 0. The maximum absolute atomic E-state index is 10.7. The van der Waals surface area contributed by atoms with Crippen molar-refractivity contribution in [1.29, 1.82) is 0 Å². The first-order valence-electron chi connectivity index (χ1n) is 5.36. The van der Waals surface area contributed by atoms with E-state index in [0.717, 1.165) is 32.9 Å². The van der Waals surface area contributed by atoms with Gasteiger partial charge in [-0.3, -0.25) is 4.79 Å². The fourth-order valence-corrected chi connectivity index (χ4v) is 2.81. The van der Waals surface area contributed by atoms with Crippen molar-refractivity contribution in [3.63, 3.8) is 0 Å². The van der Waals surface area contributed by atoms with Crippen LogP contribution in [0.5, 0.6) is 5.75 Å². The second-order valence-electron chi connectivity index (χ2n) is 3.98. The van der Waals surface area contributed by atoms with Crippen LogP contribution in [-0.2, 0) is 0 Å². The first-order valence-corrected chi connectivity index (χ1v) is 6.18. The van der Waals surface area contributed by atoms with Gasteiger partial charge in [-0.2, -0.15) is 0 Å². The number of aryl methyl sites for hydroxylation is 2. The van der Waals surface area contributed by atoms with Crippen molar-refractivity contribution < 1.29 is 9.53 Å². The van der Waals surface area contributed by atoms with Gasteiger partial charge in [-0.1, -0.05) is 6.07 Å². The Bertz CT molecular complexity index is 555. The SMILES string of the molecule is COc1c(C)cc(C)cc1-c1ccc(C=O)s1. The third-order valence-electron chi connectivity index (χ3n) is 2.63. The van der Waals surface area contributed by atoms with Gasteiger partial charge in [0.2, 0.25) is 0 Å². The molecule has 17 heavy (non-hydrogen) atoms. The monoisotopic (exact) mass is 246 g/mol. The lowest BCUT2D eigenvalue weighted by molar-refractivity contribution is 0.112. The van der Waals surface area contributed by atoms with Crippen molar-refractivity contribution >= 4 is 17.6 Å². The van der Waals surface area contributed by atoms with Gasteiger partial charge in [0.15, 0.2) is 6.29 Å². The topological polar surface area (TPSA) is 26.3 Å². The highest BCUT2D eigenvalue weighted by molar-refractivity contribution is 7.17. The van der Waals surface area contributed by atoms with Gasteiger partial charge in [-0.15, -0.1) is 11.3 Å². The van der Waals surface area contributed by atoms with Gasteiger partial charge in [0.1, 0.15) is 5.75 Å². The number of methoxy groups -OCH3 is 1. The predicted octanol–water partition coefficient (Wildman–Crippen LogP) is 3.85. The van der Waals surface area contributed by atoms with Crippen molar-refractivity contribution in [2.75, 3.05) is 7.11 Å². The average molecular weight is 246 g/mol. The van der Waals surface area contributed by atoms with Gasteiger partial charge in [0.05, 0.1) is 12.0 Å². The molecule has 0 bridgehead atoms. The second-order valence-corrected chi connectivity index (χ2v) is 5.10. The maximum atomic E-state index is 10.7. The Hall–Kier alpha value is -1.61. The second kappa shape index (κ2) is 4.72. The van der Waals surface area contributed by atoms with Crippen molar-refractivity contribution in [3.8, 4) is 16.2 Å². The highest BCUT2D eigenvalue weighted by Gasteiger charge is 2.11. The van der Waals surface area contributed by atoms with E-state index in [4.69, 9.17) is 4.74 Å². The van der Waals surface area contributed by atoms with E-state index in [1.807, 2.05) is 19.1 Å². The molecule has 2 aromatic rings. The summed E-state index contributed by atoms with van der Waals surface area (Å²) < 4.78 is 5.45. The van der Waals surface area contributed by atoms with Gasteiger partial charge >= 0.3 is 0 Å². The van der Waals surface area contributed by atoms with E-state index in [9.17, 15) is 4.79 Å². The molecule has 0 saturated heterocycles. The minimum Gasteiger partial charge on any atom is -0.496 e.